The minimum atomic E-state index is -0.556. The molecule has 1 atom stereocenters. The molecule has 0 aliphatic carbocycles. The molecule has 27 heavy (non-hydrogen) atoms. The maximum atomic E-state index is 12.7. The SMILES string of the molecule is CCn1cnnc1CNC(=O)N1CCN(C)C[C@@H]1CNC(=O)OC(C)(C)C. The lowest BCUT2D eigenvalue weighted by atomic mass is 10.2. The van der Waals surface area contributed by atoms with Crippen molar-refractivity contribution in [2.24, 2.45) is 0 Å². The van der Waals surface area contributed by atoms with Crippen LogP contribution in [0.25, 0.3) is 0 Å². The van der Waals surface area contributed by atoms with Gasteiger partial charge in [-0.2, -0.15) is 0 Å². The van der Waals surface area contributed by atoms with E-state index in [0.29, 0.717) is 32.0 Å². The van der Waals surface area contributed by atoms with E-state index in [1.54, 1.807) is 11.2 Å². The maximum absolute atomic E-state index is 12.7. The number of nitrogens with one attached hydrogen (secondary N) is 2. The fourth-order valence-electron chi connectivity index (χ4n) is 2.90. The van der Waals surface area contributed by atoms with Crippen LogP contribution in [0.2, 0.25) is 0 Å². The largest absolute Gasteiger partial charge is 0.444 e. The summed E-state index contributed by atoms with van der Waals surface area (Å²) in [4.78, 5) is 28.5. The fourth-order valence-corrected chi connectivity index (χ4v) is 2.90. The van der Waals surface area contributed by atoms with E-state index in [1.165, 1.54) is 0 Å². The van der Waals surface area contributed by atoms with Crippen molar-refractivity contribution < 1.29 is 14.3 Å². The van der Waals surface area contributed by atoms with E-state index in [1.807, 2.05) is 39.3 Å². The van der Waals surface area contributed by atoms with Crippen molar-refractivity contribution >= 4 is 12.1 Å². The number of hydrogen-bond donors (Lipinski definition) is 2. The fraction of sp³-hybridized carbons (Fsp3) is 0.765. The van der Waals surface area contributed by atoms with Crippen molar-refractivity contribution in [1.82, 2.24) is 35.2 Å². The number of rotatable bonds is 5. The summed E-state index contributed by atoms with van der Waals surface area (Å²) in [5.74, 6) is 0.711. The summed E-state index contributed by atoms with van der Waals surface area (Å²) in [5.41, 5.74) is -0.556. The summed E-state index contributed by atoms with van der Waals surface area (Å²) in [5, 5.41) is 13.6. The standard InChI is InChI=1S/C17H31N7O3/c1-6-23-12-20-21-14(23)10-18-15(25)24-8-7-22(5)11-13(24)9-19-16(26)27-17(2,3)4/h12-13H,6-11H2,1-5H3,(H,18,25)(H,19,26)/t13-/m0/s1. The van der Waals surface area contributed by atoms with Gasteiger partial charge in [0.05, 0.1) is 12.6 Å². The van der Waals surface area contributed by atoms with E-state index < -0.39 is 11.7 Å². The van der Waals surface area contributed by atoms with Crippen molar-refractivity contribution in [2.45, 2.75) is 52.4 Å². The number of amides is 3. The molecule has 3 amide bonds. The van der Waals surface area contributed by atoms with Gasteiger partial charge in [-0.1, -0.05) is 0 Å². The number of alkyl carbamates (subject to hydrolysis) is 1. The van der Waals surface area contributed by atoms with Crippen molar-refractivity contribution in [2.75, 3.05) is 33.2 Å². The molecule has 1 aliphatic heterocycles. The number of piperazine rings is 1. The van der Waals surface area contributed by atoms with E-state index in [4.69, 9.17) is 4.74 Å². The normalized spacial score (nSPS) is 18.3. The average molecular weight is 381 g/mol. The third-order valence-electron chi connectivity index (χ3n) is 4.26. The molecule has 0 aromatic carbocycles. The molecule has 1 fully saturated rings. The molecule has 10 heteroatoms. The Bertz CT molecular complexity index is 641. The molecule has 2 heterocycles. The van der Waals surface area contributed by atoms with Crippen LogP contribution in [0.3, 0.4) is 0 Å². The van der Waals surface area contributed by atoms with Gasteiger partial charge in [-0.15, -0.1) is 10.2 Å². The molecule has 0 spiro atoms. The molecule has 1 aromatic rings. The summed E-state index contributed by atoms with van der Waals surface area (Å²) in [6.45, 7) is 10.9. The van der Waals surface area contributed by atoms with Crippen LogP contribution in [-0.2, 0) is 17.8 Å². The Morgan fingerprint density at radius 3 is 2.70 bits per heavy atom. The van der Waals surface area contributed by atoms with E-state index in [0.717, 1.165) is 13.1 Å². The molecule has 1 aliphatic rings. The van der Waals surface area contributed by atoms with Gasteiger partial charge in [0.25, 0.3) is 0 Å². The zero-order valence-corrected chi connectivity index (χ0v) is 16.9. The maximum Gasteiger partial charge on any atom is 0.407 e. The predicted octanol–water partition coefficient (Wildman–Crippen LogP) is 0.648. The molecule has 0 radical (unpaired) electrons. The third kappa shape index (κ3) is 6.38. The first-order valence-corrected chi connectivity index (χ1v) is 9.26. The van der Waals surface area contributed by atoms with Gasteiger partial charge in [0.15, 0.2) is 5.82 Å². The molecule has 2 N–H and O–H groups in total. The molecule has 1 saturated heterocycles. The third-order valence-corrected chi connectivity index (χ3v) is 4.26. The van der Waals surface area contributed by atoms with Crippen LogP contribution in [0.1, 0.15) is 33.5 Å². The van der Waals surface area contributed by atoms with Crippen LogP contribution < -0.4 is 10.6 Å². The van der Waals surface area contributed by atoms with E-state index >= 15 is 0 Å². The lowest BCUT2D eigenvalue weighted by Gasteiger charge is -2.40. The average Bonchev–Trinajstić information content (AvgIpc) is 3.04. The van der Waals surface area contributed by atoms with Crippen molar-refractivity contribution in [3.8, 4) is 0 Å². The number of ether oxygens (including phenoxy) is 1. The van der Waals surface area contributed by atoms with E-state index in [-0.39, 0.29) is 12.1 Å². The smallest absolute Gasteiger partial charge is 0.407 e. The number of aryl methyl sites for hydroxylation is 1. The van der Waals surface area contributed by atoms with Crippen LogP contribution in [0.15, 0.2) is 6.33 Å². The van der Waals surface area contributed by atoms with Crippen LogP contribution >= 0.6 is 0 Å². The van der Waals surface area contributed by atoms with E-state index in [9.17, 15) is 9.59 Å². The second kappa shape index (κ2) is 9.03. The molecule has 0 saturated carbocycles. The van der Waals surface area contributed by atoms with Crippen molar-refractivity contribution in [3.05, 3.63) is 12.2 Å². The first-order chi connectivity index (χ1) is 12.7. The second-order valence-electron chi connectivity index (χ2n) is 7.68. The van der Waals surface area contributed by atoms with Crippen LogP contribution in [0, 0.1) is 0 Å². The first kappa shape index (κ1) is 20.9. The Labute approximate surface area is 160 Å². The van der Waals surface area contributed by atoms with Crippen LogP contribution in [0.5, 0.6) is 0 Å². The lowest BCUT2D eigenvalue weighted by Crippen LogP contribution is -2.60. The highest BCUT2D eigenvalue weighted by atomic mass is 16.6. The highest BCUT2D eigenvalue weighted by Gasteiger charge is 2.30. The minimum Gasteiger partial charge on any atom is -0.444 e. The zero-order valence-electron chi connectivity index (χ0n) is 16.9. The summed E-state index contributed by atoms with van der Waals surface area (Å²) >= 11 is 0. The minimum absolute atomic E-state index is 0.139. The summed E-state index contributed by atoms with van der Waals surface area (Å²) < 4.78 is 7.15. The predicted molar refractivity (Wildman–Crippen MR) is 100 cm³/mol. The number of urea groups is 1. The molecule has 1 aromatic heterocycles. The van der Waals surface area contributed by atoms with Gasteiger partial charge in [0, 0.05) is 32.7 Å². The first-order valence-electron chi connectivity index (χ1n) is 9.26. The van der Waals surface area contributed by atoms with Gasteiger partial charge >= 0.3 is 12.1 Å². The monoisotopic (exact) mass is 381 g/mol. The highest BCUT2D eigenvalue weighted by Crippen LogP contribution is 2.10. The Hall–Kier alpha value is -2.36. The van der Waals surface area contributed by atoms with Gasteiger partial charge in [-0.25, -0.2) is 9.59 Å². The topological polar surface area (TPSA) is 105 Å². The zero-order chi connectivity index (χ0) is 20.0. The molecule has 152 valence electrons. The second-order valence-corrected chi connectivity index (χ2v) is 7.68. The van der Waals surface area contributed by atoms with Crippen molar-refractivity contribution in [1.29, 1.82) is 0 Å². The quantitative estimate of drug-likeness (QED) is 0.776. The number of hydrogen-bond acceptors (Lipinski definition) is 6. The van der Waals surface area contributed by atoms with E-state index in [2.05, 4.69) is 25.7 Å². The van der Waals surface area contributed by atoms with Crippen LogP contribution in [0.4, 0.5) is 9.59 Å². The highest BCUT2D eigenvalue weighted by molar-refractivity contribution is 5.75. The lowest BCUT2D eigenvalue weighted by molar-refractivity contribution is 0.0486. The summed E-state index contributed by atoms with van der Waals surface area (Å²) in [7, 11) is 2.00. The van der Waals surface area contributed by atoms with Gasteiger partial charge < -0.3 is 29.7 Å². The Balaban J connectivity index is 1.91. The number of carbonyl (C=O) groups is 2. The van der Waals surface area contributed by atoms with Crippen LogP contribution in [-0.4, -0.2) is 81.6 Å². The Morgan fingerprint density at radius 1 is 1.30 bits per heavy atom. The number of carbonyl (C=O) groups excluding carboxylic acids is 2. The van der Waals surface area contributed by atoms with Gasteiger partial charge in [-0.05, 0) is 34.7 Å². The van der Waals surface area contributed by atoms with Crippen molar-refractivity contribution in [3.63, 3.8) is 0 Å². The molecule has 2 rings (SSSR count). The number of likely N-dealkylation sites (N-methyl/N-ethyl adjacent to an activating group) is 1. The molecule has 10 nitrogen and oxygen atoms in total. The van der Waals surface area contributed by atoms with Gasteiger partial charge in [0.1, 0.15) is 11.9 Å². The molecular formula is C17H31N7O3. The van der Waals surface area contributed by atoms with Gasteiger partial charge in [-0.3, -0.25) is 0 Å². The summed E-state index contributed by atoms with van der Waals surface area (Å²) in [6, 6.07) is -0.315. The molecular weight excluding hydrogens is 350 g/mol. The molecule has 0 bridgehead atoms. The summed E-state index contributed by atoms with van der Waals surface area (Å²) in [6.07, 6.45) is 1.16. The Morgan fingerprint density at radius 2 is 2.04 bits per heavy atom. The van der Waals surface area contributed by atoms with Gasteiger partial charge in [0.2, 0.25) is 0 Å². The number of nitrogens with zero attached hydrogens (tertiary/aromatic N) is 5. The molecule has 0 unspecified atom stereocenters. The number of aromatic nitrogens is 3. The Kier molecular flexibility index (Phi) is 7.00.